The summed E-state index contributed by atoms with van der Waals surface area (Å²) in [5.41, 5.74) is 15.8. The normalized spacial score (nSPS) is 13.1. The second-order valence-corrected chi connectivity index (χ2v) is 21.4. The molecule has 0 heterocycles. The van der Waals surface area contributed by atoms with Crippen molar-refractivity contribution >= 4 is 21.5 Å². The molecule has 8 aromatic carbocycles. The van der Waals surface area contributed by atoms with Gasteiger partial charge in [-0.05, 0) is 104 Å². The third-order valence-electron chi connectivity index (χ3n) is 16.8. The van der Waals surface area contributed by atoms with E-state index in [4.69, 9.17) is 0 Å². The van der Waals surface area contributed by atoms with E-state index in [2.05, 4.69) is 149 Å². The van der Waals surface area contributed by atoms with Crippen molar-refractivity contribution in [3.8, 4) is 56.0 Å². The Morgan fingerprint density at radius 1 is 0.307 bits per heavy atom. The Morgan fingerprint density at radius 3 is 0.973 bits per heavy atom. The molecular weight excluding hydrogens is 945 g/mol. The first-order valence-corrected chi connectivity index (χ1v) is 28.3. The van der Waals surface area contributed by atoms with Crippen LogP contribution < -0.4 is 0 Å². The number of phenols is 2. The maximum atomic E-state index is 11.3. The van der Waals surface area contributed by atoms with Crippen molar-refractivity contribution in [2.75, 3.05) is 0 Å². The van der Waals surface area contributed by atoms with E-state index in [0.717, 1.165) is 43.8 Å². The van der Waals surface area contributed by atoms with Gasteiger partial charge in [0, 0.05) is 32.7 Å². The summed E-state index contributed by atoms with van der Waals surface area (Å²) in [5.74, 6) is 0.778. The molecule has 2 aliphatic rings. The van der Waals surface area contributed by atoms with Crippen LogP contribution in [0, 0.1) is 14.9 Å². The smallest absolute Gasteiger partial charge is 0.507 e. The van der Waals surface area contributed by atoms with Crippen LogP contribution in [0.4, 0.5) is 0 Å². The molecule has 390 valence electrons. The molecule has 0 saturated carbocycles. The van der Waals surface area contributed by atoms with E-state index in [1.807, 2.05) is 36.4 Å². The maximum absolute atomic E-state index is 11.3. The summed E-state index contributed by atoms with van der Waals surface area (Å²) in [7, 11) is 0. The van der Waals surface area contributed by atoms with Gasteiger partial charge in [0.15, 0.2) is 0 Å². The van der Waals surface area contributed by atoms with Gasteiger partial charge in [0.05, 0.1) is 0 Å². The molecule has 3 heteroatoms. The summed E-state index contributed by atoms with van der Waals surface area (Å²) in [6.07, 6.45) is 25.4. The summed E-state index contributed by atoms with van der Waals surface area (Å²) in [5, 5.41) is 26.5. The molecule has 2 nitrogen and oxygen atoms in total. The average Bonchev–Trinajstić information content (AvgIpc) is 3.85. The Kier molecular flexibility index (Phi) is 21.6. The SMILES string of the molecule is CCCCCCC1(CCCCCC)c2ccccc2-c2ccc(-c3ccc4ccccc4c3O)cc21.CCCCCCC1(CCCCCC)c2ccccc2-c2ccc(-c3ccc4ccccc4c3O)cc21.[CH3-].[CH3-].[Ti+2]. The van der Waals surface area contributed by atoms with Gasteiger partial charge in [0.1, 0.15) is 11.5 Å². The Bertz CT molecular complexity index is 2860. The Hall–Kier alpha value is -5.41. The predicted molar refractivity (Wildman–Crippen MR) is 322 cm³/mol. The molecule has 10 rings (SSSR count). The van der Waals surface area contributed by atoms with Crippen LogP contribution >= 0.6 is 0 Å². The number of unbranched alkanes of at least 4 members (excludes halogenated alkanes) is 12. The van der Waals surface area contributed by atoms with Crippen molar-refractivity contribution in [2.45, 2.75) is 167 Å². The number of fused-ring (bicyclic) bond motifs is 8. The van der Waals surface area contributed by atoms with E-state index in [1.54, 1.807) is 0 Å². The molecule has 0 unspecified atom stereocenters. The zero-order valence-electron chi connectivity index (χ0n) is 46.5. The zero-order chi connectivity index (χ0) is 49.9. The molecule has 0 aromatic heterocycles. The summed E-state index contributed by atoms with van der Waals surface area (Å²) in [6, 6.07) is 56.8. The summed E-state index contributed by atoms with van der Waals surface area (Å²) < 4.78 is 0. The van der Waals surface area contributed by atoms with Crippen molar-refractivity contribution < 1.29 is 31.9 Å². The van der Waals surface area contributed by atoms with E-state index in [-0.39, 0.29) is 47.4 Å². The van der Waals surface area contributed by atoms with Crippen LogP contribution in [0.3, 0.4) is 0 Å². The minimum atomic E-state index is 0. The van der Waals surface area contributed by atoms with E-state index in [1.165, 1.54) is 173 Å². The summed E-state index contributed by atoms with van der Waals surface area (Å²) in [6.45, 7) is 9.18. The number of aromatic hydroxyl groups is 2. The Morgan fingerprint density at radius 2 is 0.613 bits per heavy atom. The second-order valence-electron chi connectivity index (χ2n) is 21.4. The van der Waals surface area contributed by atoms with Crippen LogP contribution in [0.15, 0.2) is 158 Å². The molecule has 8 aromatic rings. The number of hydrogen-bond donors (Lipinski definition) is 2. The van der Waals surface area contributed by atoms with Crippen LogP contribution in [0.1, 0.15) is 178 Å². The summed E-state index contributed by atoms with van der Waals surface area (Å²) in [4.78, 5) is 0. The first-order chi connectivity index (χ1) is 35.4. The van der Waals surface area contributed by atoms with Gasteiger partial charge in [0.2, 0.25) is 0 Å². The van der Waals surface area contributed by atoms with Crippen LogP contribution in [0.5, 0.6) is 11.5 Å². The van der Waals surface area contributed by atoms with E-state index < -0.39 is 0 Å². The largest absolute Gasteiger partial charge is 2.00 e. The molecule has 0 fully saturated rings. The third kappa shape index (κ3) is 12.1. The number of hydrogen-bond acceptors (Lipinski definition) is 2. The molecule has 0 amide bonds. The fraction of sp³-hybridized carbons (Fsp3) is 0.361. The Labute approximate surface area is 468 Å². The average molecular weight is 1030 g/mol. The fourth-order valence-corrected chi connectivity index (χ4v) is 13.0. The Balaban J connectivity index is 0.000000234. The monoisotopic (exact) mass is 1030 g/mol. The van der Waals surface area contributed by atoms with E-state index in [0.29, 0.717) is 11.5 Å². The standard InChI is InChI=1S/2C35H40O.2CH3.Ti/c2*1-3-5-7-13-23-35(24-14-8-6-4-2)32-18-12-11-17-30(32)31-22-20-27(25-33(31)35)29-21-19-26-15-9-10-16-28(26)34(29)36;;;/h2*9-12,15-22,25,36H,3-8,13-14,23-24H2,1-2H3;2*1H3;/q;;2*-1;+2. The number of rotatable bonds is 22. The van der Waals surface area contributed by atoms with Gasteiger partial charge in [0.25, 0.3) is 0 Å². The van der Waals surface area contributed by atoms with Crippen LogP contribution in [-0.2, 0) is 32.5 Å². The zero-order valence-corrected chi connectivity index (χ0v) is 48.1. The van der Waals surface area contributed by atoms with Gasteiger partial charge in [-0.1, -0.05) is 276 Å². The van der Waals surface area contributed by atoms with Gasteiger partial charge in [-0.15, -0.1) is 0 Å². The van der Waals surface area contributed by atoms with Crippen LogP contribution in [-0.4, -0.2) is 10.2 Å². The minimum Gasteiger partial charge on any atom is -0.507 e. The fourth-order valence-electron chi connectivity index (χ4n) is 13.0. The molecule has 0 atom stereocenters. The van der Waals surface area contributed by atoms with Crippen LogP contribution in [0.2, 0.25) is 0 Å². The number of benzene rings is 8. The maximum Gasteiger partial charge on any atom is 2.00 e. The molecule has 0 spiro atoms. The molecular formula is C72H86O2Ti. The molecule has 0 saturated heterocycles. The molecule has 0 aliphatic heterocycles. The van der Waals surface area contributed by atoms with E-state index in [9.17, 15) is 10.2 Å². The van der Waals surface area contributed by atoms with Gasteiger partial charge in [-0.25, -0.2) is 0 Å². The van der Waals surface area contributed by atoms with Gasteiger partial charge >= 0.3 is 21.7 Å². The van der Waals surface area contributed by atoms with E-state index >= 15 is 0 Å². The van der Waals surface area contributed by atoms with Gasteiger partial charge in [-0.2, -0.15) is 0 Å². The first-order valence-electron chi connectivity index (χ1n) is 28.3. The summed E-state index contributed by atoms with van der Waals surface area (Å²) >= 11 is 0. The predicted octanol–water partition coefficient (Wildman–Crippen LogP) is 21.7. The first kappa shape index (κ1) is 58.8. The van der Waals surface area contributed by atoms with Crippen molar-refractivity contribution in [1.29, 1.82) is 0 Å². The quantitative estimate of drug-likeness (QED) is 0.0403. The van der Waals surface area contributed by atoms with Gasteiger partial charge < -0.3 is 25.1 Å². The van der Waals surface area contributed by atoms with Gasteiger partial charge in [-0.3, -0.25) is 0 Å². The molecule has 75 heavy (non-hydrogen) atoms. The topological polar surface area (TPSA) is 40.5 Å². The molecule has 2 aliphatic carbocycles. The van der Waals surface area contributed by atoms with Crippen molar-refractivity contribution in [3.05, 3.63) is 195 Å². The van der Waals surface area contributed by atoms with Crippen molar-refractivity contribution in [3.63, 3.8) is 0 Å². The van der Waals surface area contributed by atoms with Crippen LogP contribution in [0.25, 0.3) is 66.1 Å². The number of phenolic OH excluding ortho intramolecular Hbond substituents is 2. The second kappa shape index (κ2) is 27.6. The molecule has 0 radical (unpaired) electrons. The minimum absolute atomic E-state index is 0. The van der Waals surface area contributed by atoms with Crippen molar-refractivity contribution in [1.82, 2.24) is 0 Å². The van der Waals surface area contributed by atoms with Crippen molar-refractivity contribution in [2.24, 2.45) is 0 Å². The molecule has 0 bridgehead atoms. The third-order valence-corrected chi connectivity index (χ3v) is 16.8. The molecule has 2 N–H and O–H groups in total.